The molecule has 1 aromatic carbocycles. The van der Waals surface area contributed by atoms with Gasteiger partial charge in [0.2, 0.25) is 0 Å². The predicted molar refractivity (Wildman–Crippen MR) is 86.8 cm³/mol. The van der Waals surface area contributed by atoms with Crippen LogP contribution in [0.1, 0.15) is 30.1 Å². The fraction of sp³-hybridized carbons (Fsp3) is 0.500. The molecular formula is C14H18ClIN2O. The van der Waals surface area contributed by atoms with Gasteiger partial charge >= 0.3 is 0 Å². The predicted octanol–water partition coefficient (Wildman–Crippen LogP) is 3.16. The minimum Gasteiger partial charge on any atom is -0.350 e. The lowest BCUT2D eigenvalue weighted by Crippen LogP contribution is -2.40. The second-order valence-electron chi connectivity index (χ2n) is 4.93. The number of hydrogen-bond acceptors (Lipinski definition) is 2. The van der Waals surface area contributed by atoms with Gasteiger partial charge in [0.15, 0.2) is 0 Å². The Labute approximate surface area is 132 Å². The summed E-state index contributed by atoms with van der Waals surface area (Å²) in [7, 11) is 0. The van der Waals surface area contributed by atoms with Crippen LogP contribution in [0.2, 0.25) is 5.02 Å². The third-order valence-electron chi connectivity index (χ3n) is 3.50. The van der Waals surface area contributed by atoms with E-state index in [4.69, 9.17) is 11.6 Å². The van der Waals surface area contributed by atoms with Crippen molar-refractivity contribution in [3.8, 4) is 0 Å². The van der Waals surface area contributed by atoms with Crippen molar-refractivity contribution in [2.75, 3.05) is 19.6 Å². The lowest BCUT2D eigenvalue weighted by atomic mass is 10.2. The molecule has 1 N–H and O–H groups in total. The molecule has 0 spiro atoms. The van der Waals surface area contributed by atoms with E-state index in [2.05, 4.69) is 39.7 Å². The smallest absolute Gasteiger partial charge is 0.252 e. The molecule has 5 heteroatoms. The Kier molecular flexibility index (Phi) is 5.47. The summed E-state index contributed by atoms with van der Waals surface area (Å²) in [5.74, 6) is -0.0436. The summed E-state index contributed by atoms with van der Waals surface area (Å²) >= 11 is 8.09. The van der Waals surface area contributed by atoms with E-state index in [1.807, 2.05) is 6.07 Å². The number of nitrogens with one attached hydrogen (secondary N) is 1. The van der Waals surface area contributed by atoms with E-state index in [1.165, 1.54) is 12.8 Å². The molecule has 0 unspecified atom stereocenters. The zero-order chi connectivity index (χ0) is 13.8. The monoisotopic (exact) mass is 392 g/mol. The second-order valence-corrected chi connectivity index (χ2v) is 6.52. The maximum absolute atomic E-state index is 12.1. The molecule has 2 rings (SSSR count). The number of rotatable bonds is 4. The van der Waals surface area contributed by atoms with Crippen molar-refractivity contribution >= 4 is 40.1 Å². The van der Waals surface area contributed by atoms with Crippen LogP contribution in [-0.2, 0) is 0 Å². The molecule has 0 saturated carbocycles. The number of amides is 1. The van der Waals surface area contributed by atoms with Crippen LogP contribution in [0.25, 0.3) is 0 Å². The molecule has 1 heterocycles. The van der Waals surface area contributed by atoms with Crippen molar-refractivity contribution in [3.63, 3.8) is 0 Å². The molecule has 1 aliphatic heterocycles. The molecule has 1 aromatic rings. The van der Waals surface area contributed by atoms with Crippen molar-refractivity contribution in [2.24, 2.45) is 0 Å². The Bertz CT molecular complexity index is 461. The molecule has 0 aliphatic carbocycles. The third kappa shape index (κ3) is 4.07. The van der Waals surface area contributed by atoms with E-state index in [9.17, 15) is 4.79 Å². The van der Waals surface area contributed by atoms with Crippen LogP contribution < -0.4 is 5.32 Å². The minimum atomic E-state index is -0.0436. The van der Waals surface area contributed by atoms with E-state index >= 15 is 0 Å². The molecule has 1 aliphatic rings. The van der Waals surface area contributed by atoms with E-state index in [-0.39, 0.29) is 5.91 Å². The number of likely N-dealkylation sites (tertiary alicyclic amines) is 1. The van der Waals surface area contributed by atoms with Crippen molar-refractivity contribution in [2.45, 2.75) is 25.8 Å². The van der Waals surface area contributed by atoms with Crippen LogP contribution in [-0.4, -0.2) is 36.5 Å². The quantitative estimate of drug-likeness (QED) is 0.798. The minimum absolute atomic E-state index is 0.0436. The van der Waals surface area contributed by atoms with Crippen molar-refractivity contribution in [3.05, 3.63) is 32.4 Å². The highest BCUT2D eigenvalue weighted by molar-refractivity contribution is 14.1. The molecule has 19 heavy (non-hydrogen) atoms. The summed E-state index contributed by atoms with van der Waals surface area (Å²) in [6.45, 7) is 5.13. The van der Waals surface area contributed by atoms with Crippen LogP contribution in [0, 0.1) is 3.57 Å². The van der Waals surface area contributed by atoms with Crippen molar-refractivity contribution in [1.29, 1.82) is 0 Å². The average molecular weight is 393 g/mol. The molecule has 0 aromatic heterocycles. The molecule has 104 valence electrons. The number of carbonyl (C=O) groups is 1. The summed E-state index contributed by atoms with van der Waals surface area (Å²) in [5.41, 5.74) is 0.654. The fourth-order valence-corrected chi connectivity index (χ4v) is 3.07. The molecule has 3 nitrogen and oxygen atoms in total. The fourth-order valence-electron chi connectivity index (χ4n) is 2.32. The Balaban J connectivity index is 1.91. The molecule has 0 radical (unpaired) electrons. The normalized spacial score (nSPS) is 17.4. The number of hydrogen-bond donors (Lipinski definition) is 1. The zero-order valence-corrected chi connectivity index (χ0v) is 13.9. The van der Waals surface area contributed by atoms with E-state index < -0.39 is 0 Å². The first-order valence-corrected chi connectivity index (χ1v) is 8.01. The van der Waals surface area contributed by atoms with Gasteiger partial charge in [-0.1, -0.05) is 11.6 Å². The number of halogens is 2. The largest absolute Gasteiger partial charge is 0.350 e. The lowest BCUT2D eigenvalue weighted by molar-refractivity contribution is 0.0939. The highest BCUT2D eigenvalue weighted by Crippen LogP contribution is 2.18. The van der Waals surface area contributed by atoms with Crippen molar-refractivity contribution < 1.29 is 4.79 Å². The maximum atomic E-state index is 12.1. The molecule has 1 fully saturated rings. The van der Waals surface area contributed by atoms with E-state index in [1.54, 1.807) is 12.1 Å². The second kappa shape index (κ2) is 6.90. The molecule has 0 bridgehead atoms. The van der Waals surface area contributed by atoms with E-state index in [0.717, 1.165) is 16.7 Å². The summed E-state index contributed by atoms with van der Waals surface area (Å²) in [5, 5.41) is 3.60. The Morgan fingerprint density at radius 2 is 2.16 bits per heavy atom. The SMILES string of the molecule is C[C@@H](CNC(=O)c1cc(Cl)ccc1I)N1CCCC1. The lowest BCUT2D eigenvalue weighted by Gasteiger charge is -2.23. The van der Waals surface area contributed by atoms with Crippen LogP contribution in [0.15, 0.2) is 18.2 Å². The highest BCUT2D eigenvalue weighted by atomic mass is 127. The zero-order valence-electron chi connectivity index (χ0n) is 11.0. The Morgan fingerprint density at radius 3 is 2.84 bits per heavy atom. The molecule has 1 saturated heterocycles. The first-order valence-electron chi connectivity index (χ1n) is 6.55. The van der Waals surface area contributed by atoms with Gasteiger partial charge < -0.3 is 5.32 Å². The molecule has 1 atom stereocenters. The van der Waals surface area contributed by atoms with Gasteiger partial charge in [0.1, 0.15) is 0 Å². The van der Waals surface area contributed by atoms with Gasteiger partial charge in [-0.25, -0.2) is 0 Å². The summed E-state index contributed by atoms with van der Waals surface area (Å²) in [6.07, 6.45) is 2.54. The van der Waals surface area contributed by atoms with E-state index in [0.29, 0.717) is 23.2 Å². The van der Waals surface area contributed by atoms with Gasteiger partial charge in [-0.3, -0.25) is 9.69 Å². The topological polar surface area (TPSA) is 32.3 Å². The van der Waals surface area contributed by atoms with Gasteiger partial charge in [0.25, 0.3) is 5.91 Å². The highest BCUT2D eigenvalue weighted by Gasteiger charge is 2.19. The van der Waals surface area contributed by atoms with Gasteiger partial charge in [0, 0.05) is 21.2 Å². The standard InChI is InChI=1S/C14H18ClIN2O/c1-10(18-6-2-3-7-18)9-17-14(19)12-8-11(15)4-5-13(12)16/h4-5,8,10H,2-3,6-7,9H2,1H3,(H,17,19)/t10-/m0/s1. The van der Waals surface area contributed by atoms with Crippen molar-refractivity contribution in [1.82, 2.24) is 10.2 Å². The Morgan fingerprint density at radius 1 is 1.47 bits per heavy atom. The number of benzene rings is 1. The maximum Gasteiger partial charge on any atom is 0.252 e. The van der Waals surface area contributed by atoms with Gasteiger partial charge in [-0.2, -0.15) is 0 Å². The van der Waals surface area contributed by atoms with Crippen LogP contribution in [0.3, 0.4) is 0 Å². The summed E-state index contributed by atoms with van der Waals surface area (Å²) < 4.78 is 0.924. The van der Waals surface area contributed by atoms with Gasteiger partial charge in [0.05, 0.1) is 5.56 Å². The molecular weight excluding hydrogens is 375 g/mol. The number of nitrogens with zero attached hydrogens (tertiary/aromatic N) is 1. The summed E-state index contributed by atoms with van der Waals surface area (Å²) in [6, 6.07) is 5.77. The van der Waals surface area contributed by atoms with Crippen LogP contribution in [0.5, 0.6) is 0 Å². The average Bonchev–Trinajstić information content (AvgIpc) is 2.92. The number of carbonyl (C=O) groups excluding carboxylic acids is 1. The van der Waals surface area contributed by atoms with Gasteiger partial charge in [-0.05, 0) is 73.6 Å². The Hall–Kier alpha value is -0.330. The first kappa shape index (κ1) is 15.1. The third-order valence-corrected chi connectivity index (χ3v) is 4.67. The summed E-state index contributed by atoms with van der Waals surface area (Å²) in [4.78, 5) is 14.6. The first-order chi connectivity index (χ1) is 9.08. The van der Waals surface area contributed by atoms with Gasteiger partial charge in [-0.15, -0.1) is 0 Å². The van der Waals surface area contributed by atoms with Crippen LogP contribution in [0.4, 0.5) is 0 Å². The van der Waals surface area contributed by atoms with Crippen LogP contribution >= 0.6 is 34.2 Å². The molecule has 1 amide bonds.